The fourth-order valence-electron chi connectivity index (χ4n) is 1.55. The Balaban J connectivity index is 2.51. The third kappa shape index (κ3) is 2.54. The van der Waals surface area contributed by atoms with Crippen LogP contribution in [0.15, 0.2) is 41.3 Å². The fraction of sp³-hybridized carbons (Fsp3) is 0. The van der Waals surface area contributed by atoms with E-state index < -0.39 is 18.6 Å². The molecule has 0 atom stereocenters. The first kappa shape index (κ1) is 13.0. The fourth-order valence-corrected chi connectivity index (χ4v) is 1.55. The summed E-state index contributed by atoms with van der Waals surface area (Å²) < 4.78 is 0.928. The van der Waals surface area contributed by atoms with Gasteiger partial charge in [-0.1, -0.05) is 12.1 Å². The maximum atomic E-state index is 11.9. The Morgan fingerprint density at radius 2 is 1.79 bits per heavy atom. The summed E-state index contributed by atoms with van der Waals surface area (Å²) in [6.45, 7) is 0. The van der Waals surface area contributed by atoms with Crippen LogP contribution in [0.1, 0.15) is 10.4 Å². The van der Waals surface area contributed by atoms with Crippen LogP contribution in [-0.2, 0) is 0 Å². The Morgan fingerprint density at radius 1 is 1.16 bits per heavy atom. The van der Waals surface area contributed by atoms with Gasteiger partial charge in [-0.3, -0.25) is 4.79 Å². The van der Waals surface area contributed by atoms with Gasteiger partial charge in [-0.2, -0.15) is 9.78 Å². The average molecular weight is 260 g/mol. The highest BCUT2D eigenvalue weighted by molar-refractivity contribution is 6.58. The molecule has 0 fully saturated rings. The number of carbonyl (C=O) groups is 1. The van der Waals surface area contributed by atoms with E-state index in [0.717, 1.165) is 10.7 Å². The molecule has 8 heteroatoms. The van der Waals surface area contributed by atoms with Crippen molar-refractivity contribution in [2.24, 2.45) is 0 Å². The first-order valence-electron chi connectivity index (χ1n) is 5.29. The van der Waals surface area contributed by atoms with Gasteiger partial charge in [0.2, 0.25) is 0 Å². The molecular weight excluding hydrogens is 251 g/mol. The Labute approximate surface area is 107 Å². The molecule has 0 aliphatic heterocycles. The second-order valence-corrected chi connectivity index (χ2v) is 3.73. The molecule has 0 bridgehead atoms. The third-order valence-corrected chi connectivity index (χ3v) is 2.51. The minimum absolute atomic E-state index is 0.256. The van der Waals surface area contributed by atoms with Gasteiger partial charge in [0.25, 0.3) is 5.56 Å². The molecule has 0 aliphatic rings. The molecule has 1 heterocycles. The lowest BCUT2D eigenvalue weighted by Crippen LogP contribution is -2.30. The van der Waals surface area contributed by atoms with Gasteiger partial charge >= 0.3 is 13.1 Å². The molecule has 96 valence electrons. The summed E-state index contributed by atoms with van der Waals surface area (Å²) in [5.74, 6) is -1.33. The Bertz CT molecular complexity index is 666. The van der Waals surface area contributed by atoms with E-state index in [1.807, 2.05) is 0 Å². The number of hydrogen-bond donors (Lipinski definition) is 3. The summed E-state index contributed by atoms with van der Waals surface area (Å²) in [5, 5.41) is 30.5. The Hall–Kier alpha value is -2.45. The number of carboxylic acid groups (broad SMARTS) is 1. The van der Waals surface area contributed by atoms with Crippen molar-refractivity contribution >= 4 is 18.6 Å². The molecule has 0 radical (unpaired) electrons. The van der Waals surface area contributed by atoms with E-state index in [0.29, 0.717) is 5.69 Å². The van der Waals surface area contributed by atoms with Crippen molar-refractivity contribution in [1.29, 1.82) is 0 Å². The lowest BCUT2D eigenvalue weighted by atomic mass is 9.80. The summed E-state index contributed by atoms with van der Waals surface area (Å²) in [5.41, 5.74) is -0.558. The lowest BCUT2D eigenvalue weighted by Gasteiger charge is -2.06. The van der Waals surface area contributed by atoms with E-state index in [1.165, 1.54) is 30.5 Å². The molecule has 3 N–H and O–H groups in total. The second kappa shape index (κ2) is 5.05. The summed E-state index contributed by atoms with van der Waals surface area (Å²) >= 11 is 0. The van der Waals surface area contributed by atoms with Crippen LogP contribution in [-0.4, -0.2) is 38.0 Å². The smallest absolute Gasteiger partial charge is 0.477 e. The van der Waals surface area contributed by atoms with Crippen LogP contribution in [0, 0.1) is 0 Å². The van der Waals surface area contributed by atoms with Gasteiger partial charge in [-0.05, 0) is 23.7 Å². The van der Waals surface area contributed by atoms with Crippen LogP contribution in [0.2, 0.25) is 0 Å². The summed E-state index contributed by atoms with van der Waals surface area (Å²) in [6, 6.07) is 6.81. The molecule has 7 nitrogen and oxygen atoms in total. The maximum Gasteiger partial charge on any atom is 0.488 e. The van der Waals surface area contributed by atoms with Crippen LogP contribution >= 0.6 is 0 Å². The van der Waals surface area contributed by atoms with Crippen molar-refractivity contribution in [3.8, 4) is 5.69 Å². The number of hydrogen-bond acceptors (Lipinski definition) is 5. The number of rotatable bonds is 3. The number of aromatic carboxylic acids is 1. The van der Waals surface area contributed by atoms with Crippen LogP contribution < -0.4 is 11.0 Å². The normalized spacial score (nSPS) is 10.2. The molecule has 2 aromatic rings. The van der Waals surface area contributed by atoms with Crippen molar-refractivity contribution in [1.82, 2.24) is 9.78 Å². The predicted molar refractivity (Wildman–Crippen MR) is 66.6 cm³/mol. The Kier molecular flexibility index (Phi) is 3.45. The highest BCUT2D eigenvalue weighted by atomic mass is 16.4. The van der Waals surface area contributed by atoms with Crippen LogP contribution in [0.5, 0.6) is 0 Å². The van der Waals surface area contributed by atoms with Gasteiger partial charge in [-0.15, -0.1) is 0 Å². The zero-order chi connectivity index (χ0) is 14.0. The van der Waals surface area contributed by atoms with E-state index in [4.69, 9.17) is 15.2 Å². The van der Waals surface area contributed by atoms with Crippen LogP contribution in [0.3, 0.4) is 0 Å². The summed E-state index contributed by atoms with van der Waals surface area (Å²) in [7, 11) is -1.61. The van der Waals surface area contributed by atoms with E-state index >= 15 is 0 Å². The van der Waals surface area contributed by atoms with Gasteiger partial charge in [0.1, 0.15) is 5.56 Å². The maximum absolute atomic E-state index is 11.9. The van der Waals surface area contributed by atoms with Gasteiger partial charge in [0.05, 0.1) is 5.69 Å². The first-order valence-corrected chi connectivity index (χ1v) is 5.29. The summed E-state index contributed by atoms with van der Waals surface area (Å²) in [6.07, 6.45) is 1.21. The molecule has 0 aliphatic carbocycles. The second-order valence-electron chi connectivity index (χ2n) is 3.73. The molecule has 2 rings (SSSR count). The molecule has 19 heavy (non-hydrogen) atoms. The number of aromatic nitrogens is 2. The minimum Gasteiger partial charge on any atom is -0.477 e. The molecule has 1 aromatic carbocycles. The highest BCUT2D eigenvalue weighted by Gasteiger charge is 2.14. The topological polar surface area (TPSA) is 113 Å². The predicted octanol–water partition coefficient (Wildman–Crippen LogP) is -1.39. The van der Waals surface area contributed by atoms with Crippen molar-refractivity contribution in [2.75, 3.05) is 0 Å². The van der Waals surface area contributed by atoms with Gasteiger partial charge < -0.3 is 15.2 Å². The van der Waals surface area contributed by atoms with Crippen molar-refractivity contribution in [2.45, 2.75) is 0 Å². The van der Waals surface area contributed by atoms with E-state index in [1.54, 1.807) is 0 Å². The van der Waals surface area contributed by atoms with Crippen LogP contribution in [0.4, 0.5) is 0 Å². The lowest BCUT2D eigenvalue weighted by molar-refractivity contribution is 0.0694. The first-order chi connectivity index (χ1) is 9.00. The zero-order valence-corrected chi connectivity index (χ0v) is 9.59. The van der Waals surface area contributed by atoms with E-state index in [9.17, 15) is 9.59 Å². The molecular formula is C11H9BN2O5. The van der Waals surface area contributed by atoms with Crippen LogP contribution in [0.25, 0.3) is 5.69 Å². The monoisotopic (exact) mass is 260 g/mol. The number of benzene rings is 1. The number of carboxylic acids is 1. The minimum atomic E-state index is -1.61. The quantitative estimate of drug-likeness (QED) is 0.585. The van der Waals surface area contributed by atoms with Crippen molar-refractivity contribution in [3.05, 3.63) is 52.4 Å². The molecule has 0 saturated carbocycles. The molecule has 1 aromatic heterocycles. The van der Waals surface area contributed by atoms with Gasteiger partial charge in [0, 0.05) is 6.20 Å². The molecule has 0 saturated heterocycles. The van der Waals surface area contributed by atoms with E-state index in [2.05, 4.69) is 5.10 Å². The van der Waals surface area contributed by atoms with Crippen molar-refractivity contribution < 1.29 is 19.9 Å². The molecule has 0 amide bonds. The standard InChI is InChI=1S/C11H9BN2O5/c15-10-9(11(16)17)5-6-13-14(10)8-3-1-7(2-4-8)12(18)19/h1-6,18-19H,(H,16,17). The van der Waals surface area contributed by atoms with Gasteiger partial charge in [-0.25, -0.2) is 4.79 Å². The number of nitrogens with zero attached hydrogens (tertiary/aromatic N) is 2. The highest BCUT2D eigenvalue weighted by Crippen LogP contribution is 2.02. The Morgan fingerprint density at radius 3 is 2.32 bits per heavy atom. The van der Waals surface area contributed by atoms with E-state index in [-0.39, 0.29) is 11.0 Å². The van der Waals surface area contributed by atoms with Crippen molar-refractivity contribution in [3.63, 3.8) is 0 Å². The average Bonchev–Trinajstić information content (AvgIpc) is 2.38. The molecule has 0 unspecified atom stereocenters. The third-order valence-electron chi connectivity index (χ3n) is 2.51. The molecule has 0 spiro atoms. The zero-order valence-electron chi connectivity index (χ0n) is 9.59. The largest absolute Gasteiger partial charge is 0.488 e. The SMILES string of the molecule is O=C(O)c1ccnn(-c2ccc(B(O)O)cc2)c1=O. The van der Waals surface area contributed by atoms with Gasteiger partial charge in [0.15, 0.2) is 0 Å². The summed E-state index contributed by atoms with van der Waals surface area (Å²) in [4.78, 5) is 22.7.